The Kier molecular flexibility index (Phi) is 2.96. The van der Waals surface area contributed by atoms with Gasteiger partial charge in [0, 0.05) is 0 Å². The van der Waals surface area contributed by atoms with Crippen molar-refractivity contribution in [2.75, 3.05) is 17.3 Å². The molecule has 0 atom stereocenters. The zero-order chi connectivity index (χ0) is 9.84. The van der Waals surface area contributed by atoms with Crippen LogP contribution in [0.4, 0.5) is 5.95 Å². The summed E-state index contributed by atoms with van der Waals surface area (Å²) < 4.78 is 1.13. The second-order valence-electron chi connectivity index (χ2n) is 2.23. The third-order valence-corrected chi connectivity index (χ3v) is 2.16. The van der Waals surface area contributed by atoms with Gasteiger partial charge in [-0.15, -0.1) is 22.0 Å². The lowest BCUT2D eigenvalue weighted by Crippen LogP contribution is -2.15. The molecule has 0 bridgehead atoms. The second-order valence-corrected chi connectivity index (χ2v) is 3.22. The molecule has 0 radical (unpaired) electrons. The summed E-state index contributed by atoms with van der Waals surface area (Å²) in [4.78, 5) is 10.2. The van der Waals surface area contributed by atoms with Crippen LogP contribution in [0.2, 0.25) is 0 Å². The molecule has 0 aliphatic rings. The van der Waals surface area contributed by atoms with E-state index in [1.54, 1.807) is 0 Å². The van der Waals surface area contributed by atoms with Gasteiger partial charge in [0.05, 0.1) is 11.5 Å². The highest BCUT2D eigenvalue weighted by molar-refractivity contribution is 7.99. The maximum atomic E-state index is 10.2. The van der Waals surface area contributed by atoms with Gasteiger partial charge in [0.2, 0.25) is 5.95 Å². The van der Waals surface area contributed by atoms with Crippen LogP contribution in [-0.2, 0) is 10.5 Å². The Hall–Kier alpha value is -1.44. The number of carboxylic acid groups (broad SMARTS) is 1. The number of carboxylic acids is 1. The molecule has 1 aromatic heterocycles. The smallest absolute Gasteiger partial charge is 0.313 e. The lowest BCUT2D eigenvalue weighted by Gasteiger charge is -1.98. The third kappa shape index (κ3) is 2.51. The van der Waals surface area contributed by atoms with Crippen molar-refractivity contribution in [1.82, 2.24) is 14.9 Å². The molecular formula is C5H9N5O2S. The number of nitrogens with zero attached hydrogens (tertiary/aromatic N) is 3. The predicted molar refractivity (Wildman–Crippen MR) is 48.4 cm³/mol. The fourth-order valence-electron chi connectivity index (χ4n) is 0.666. The van der Waals surface area contributed by atoms with Crippen molar-refractivity contribution in [1.29, 1.82) is 0 Å². The first-order valence-electron chi connectivity index (χ1n) is 3.35. The molecule has 7 nitrogen and oxygen atoms in total. The molecule has 0 aromatic carbocycles. The molecule has 8 heteroatoms. The maximum absolute atomic E-state index is 10.2. The SMILES string of the molecule is Nc1nnc(CSCC(=O)O)n1N. The molecule has 0 unspecified atom stereocenters. The normalized spacial score (nSPS) is 10.2. The van der Waals surface area contributed by atoms with Crippen molar-refractivity contribution >= 4 is 23.7 Å². The number of rotatable bonds is 4. The summed E-state index contributed by atoms with van der Waals surface area (Å²) >= 11 is 1.18. The van der Waals surface area contributed by atoms with Crippen molar-refractivity contribution in [3.05, 3.63) is 5.82 Å². The van der Waals surface area contributed by atoms with E-state index in [9.17, 15) is 4.79 Å². The van der Waals surface area contributed by atoms with Gasteiger partial charge in [-0.05, 0) is 0 Å². The number of nitrogens with two attached hydrogens (primary N) is 2. The number of carbonyl (C=O) groups is 1. The Morgan fingerprint density at radius 3 is 2.77 bits per heavy atom. The molecule has 0 aliphatic carbocycles. The van der Waals surface area contributed by atoms with Gasteiger partial charge in [-0.1, -0.05) is 0 Å². The quantitative estimate of drug-likeness (QED) is 0.531. The molecular weight excluding hydrogens is 194 g/mol. The van der Waals surface area contributed by atoms with Gasteiger partial charge >= 0.3 is 5.97 Å². The minimum Gasteiger partial charge on any atom is -0.481 e. The van der Waals surface area contributed by atoms with E-state index >= 15 is 0 Å². The highest BCUT2D eigenvalue weighted by Gasteiger charge is 2.06. The van der Waals surface area contributed by atoms with Crippen molar-refractivity contribution in [3.63, 3.8) is 0 Å². The molecule has 1 aromatic rings. The van der Waals surface area contributed by atoms with Crippen LogP contribution in [0.15, 0.2) is 0 Å². The van der Waals surface area contributed by atoms with Gasteiger partial charge in [-0.25, -0.2) is 4.68 Å². The van der Waals surface area contributed by atoms with Crippen molar-refractivity contribution < 1.29 is 9.90 Å². The molecule has 0 spiro atoms. The highest BCUT2D eigenvalue weighted by Crippen LogP contribution is 2.09. The topological polar surface area (TPSA) is 120 Å². The first-order valence-corrected chi connectivity index (χ1v) is 4.51. The zero-order valence-electron chi connectivity index (χ0n) is 6.67. The van der Waals surface area contributed by atoms with Crippen LogP contribution >= 0.6 is 11.8 Å². The summed E-state index contributed by atoms with van der Waals surface area (Å²) in [5.41, 5.74) is 5.31. The Morgan fingerprint density at radius 1 is 1.62 bits per heavy atom. The van der Waals surface area contributed by atoms with E-state index in [2.05, 4.69) is 10.2 Å². The lowest BCUT2D eigenvalue weighted by atomic mass is 10.7. The number of aromatic nitrogens is 3. The van der Waals surface area contributed by atoms with Crippen LogP contribution in [0, 0.1) is 0 Å². The summed E-state index contributed by atoms with van der Waals surface area (Å²) in [6.45, 7) is 0. The monoisotopic (exact) mass is 203 g/mol. The Morgan fingerprint density at radius 2 is 2.31 bits per heavy atom. The Balaban J connectivity index is 2.45. The molecule has 0 aliphatic heterocycles. The van der Waals surface area contributed by atoms with Crippen LogP contribution in [0.3, 0.4) is 0 Å². The number of nitrogen functional groups attached to an aromatic ring is 2. The van der Waals surface area contributed by atoms with Crippen molar-refractivity contribution in [3.8, 4) is 0 Å². The highest BCUT2D eigenvalue weighted by atomic mass is 32.2. The van der Waals surface area contributed by atoms with E-state index in [4.69, 9.17) is 16.7 Å². The number of hydrogen-bond acceptors (Lipinski definition) is 6. The first kappa shape index (κ1) is 9.65. The van der Waals surface area contributed by atoms with E-state index in [-0.39, 0.29) is 11.7 Å². The Labute approximate surface area is 78.1 Å². The van der Waals surface area contributed by atoms with Gasteiger partial charge in [0.1, 0.15) is 0 Å². The molecule has 0 saturated heterocycles. The third-order valence-electron chi connectivity index (χ3n) is 1.25. The minimum absolute atomic E-state index is 0.00671. The summed E-state index contributed by atoms with van der Waals surface area (Å²) in [6.07, 6.45) is 0. The van der Waals surface area contributed by atoms with Crippen LogP contribution in [-0.4, -0.2) is 31.7 Å². The van der Waals surface area contributed by atoms with Gasteiger partial charge in [0.25, 0.3) is 0 Å². The van der Waals surface area contributed by atoms with Gasteiger partial charge in [-0.3, -0.25) is 4.79 Å². The number of anilines is 1. The Bertz CT molecular complexity index is 312. The first-order chi connectivity index (χ1) is 6.11. The van der Waals surface area contributed by atoms with E-state index in [0.29, 0.717) is 11.6 Å². The van der Waals surface area contributed by atoms with Crippen LogP contribution in [0.1, 0.15) is 5.82 Å². The average Bonchev–Trinajstić information content (AvgIpc) is 2.35. The standard InChI is InChI=1S/C5H9N5O2S/c6-5-9-8-3(10(5)7)1-13-2-4(11)12/h1-2,7H2,(H2,6,9)(H,11,12). The fraction of sp³-hybridized carbons (Fsp3) is 0.400. The van der Waals surface area contributed by atoms with Gasteiger partial charge < -0.3 is 16.7 Å². The average molecular weight is 203 g/mol. The molecule has 0 saturated carbocycles. The van der Waals surface area contributed by atoms with Crippen LogP contribution in [0.25, 0.3) is 0 Å². The van der Waals surface area contributed by atoms with Gasteiger partial charge in [0.15, 0.2) is 5.82 Å². The lowest BCUT2D eigenvalue weighted by molar-refractivity contribution is -0.133. The number of hydrogen-bond donors (Lipinski definition) is 3. The summed E-state index contributed by atoms with van der Waals surface area (Å²) in [5.74, 6) is 5.52. The molecule has 5 N–H and O–H groups in total. The largest absolute Gasteiger partial charge is 0.481 e. The van der Waals surface area contributed by atoms with Crippen molar-refractivity contribution in [2.24, 2.45) is 0 Å². The second kappa shape index (κ2) is 3.99. The maximum Gasteiger partial charge on any atom is 0.313 e. The van der Waals surface area contributed by atoms with E-state index in [1.165, 1.54) is 11.8 Å². The van der Waals surface area contributed by atoms with E-state index < -0.39 is 5.97 Å². The summed E-state index contributed by atoms with van der Waals surface area (Å²) in [5, 5.41) is 15.5. The van der Waals surface area contributed by atoms with E-state index in [0.717, 1.165) is 4.68 Å². The number of aliphatic carboxylic acids is 1. The van der Waals surface area contributed by atoms with E-state index in [1.807, 2.05) is 0 Å². The molecule has 72 valence electrons. The molecule has 0 fully saturated rings. The summed E-state index contributed by atoms with van der Waals surface area (Å²) in [7, 11) is 0. The molecule has 1 heterocycles. The predicted octanol–water partition coefficient (Wildman–Crippen LogP) is -1.11. The fourth-order valence-corrected chi connectivity index (χ4v) is 1.32. The van der Waals surface area contributed by atoms with Crippen LogP contribution in [0.5, 0.6) is 0 Å². The van der Waals surface area contributed by atoms with Crippen molar-refractivity contribution in [2.45, 2.75) is 5.75 Å². The summed E-state index contributed by atoms with van der Waals surface area (Å²) in [6, 6.07) is 0. The minimum atomic E-state index is -0.874. The zero-order valence-corrected chi connectivity index (χ0v) is 7.49. The molecule has 1 rings (SSSR count). The molecule has 13 heavy (non-hydrogen) atoms. The number of thioether (sulfide) groups is 1. The molecule has 0 amide bonds. The van der Waals surface area contributed by atoms with Gasteiger partial charge in [-0.2, -0.15) is 0 Å². The van der Waals surface area contributed by atoms with Crippen LogP contribution < -0.4 is 11.6 Å².